The molecule has 0 bridgehead atoms. The molecular formula is C66H90N6O12. The van der Waals surface area contributed by atoms with Gasteiger partial charge in [-0.25, -0.2) is 19.2 Å². The van der Waals surface area contributed by atoms with Crippen LogP contribution in [-0.4, -0.2) is 154 Å². The minimum absolute atomic E-state index is 0.0852. The zero-order chi connectivity index (χ0) is 62.3. The molecule has 1 fully saturated rings. The molecule has 0 spiro atoms. The number of ether oxygens (including phenoxy) is 4. The molecule has 0 aliphatic carbocycles. The van der Waals surface area contributed by atoms with Gasteiger partial charge in [0.2, 0.25) is 0 Å². The van der Waals surface area contributed by atoms with Crippen LogP contribution in [0.2, 0.25) is 0 Å². The second-order valence-electron chi connectivity index (χ2n) is 24.3. The molecule has 18 nitrogen and oxygen atoms in total. The summed E-state index contributed by atoms with van der Waals surface area (Å²) in [5.41, 5.74) is 7.07. The van der Waals surface area contributed by atoms with Gasteiger partial charge in [-0.1, -0.05) is 116 Å². The summed E-state index contributed by atoms with van der Waals surface area (Å²) >= 11 is 0. The van der Waals surface area contributed by atoms with Gasteiger partial charge in [0.1, 0.15) is 24.2 Å². The standard InChI is InChI=1S/C66H90N6O12/c1-39(2)31-53-63(77)81-45(11)59(73)69(13)56(34-42(7)8)66(80)84-58(38-50-27-23-48(24-28-50)36-52-20-18-30-68-44(52)10)62(76)72(16)54(32-40(3)4)64(78)82-46(12)60(74)70(14)55(33-41(5)6)65(79)83-57(61(75)71(53)15)37-49-25-21-47(22-26-49)35-51-19-17-29-67-43(51)9/h17-30,39-42,45-46,53-58H,31-38H2,1-16H3/t45-,46-,53-,54+,55-,56+,57-,58+/m1/s1. The Bertz CT molecular complexity index is 2700. The number of aryl methyl sites for hydroxylation is 2. The maximum Gasteiger partial charge on any atom is 0.329 e. The molecule has 1 aliphatic rings. The maximum atomic E-state index is 15.1. The average Bonchev–Trinajstić information content (AvgIpc) is 3.66. The van der Waals surface area contributed by atoms with E-state index >= 15 is 9.59 Å². The van der Waals surface area contributed by atoms with Gasteiger partial charge in [0.25, 0.3) is 23.6 Å². The Labute approximate surface area is 497 Å². The number of amides is 4. The highest BCUT2D eigenvalue weighted by Gasteiger charge is 2.43. The summed E-state index contributed by atoms with van der Waals surface area (Å²) in [5.74, 6) is -7.38. The number of cyclic esters (lactones) is 4. The first-order valence-electron chi connectivity index (χ1n) is 29.4. The first kappa shape index (κ1) is 67.3. The van der Waals surface area contributed by atoms with Crippen molar-refractivity contribution >= 4 is 47.5 Å². The van der Waals surface area contributed by atoms with Crippen LogP contribution in [0.3, 0.4) is 0 Å². The molecule has 1 aliphatic heterocycles. The predicted molar refractivity (Wildman–Crippen MR) is 319 cm³/mol. The number of pyridine rings is 2. The van der Waals surface area contributed by atoms with E-state index in [1.165, 1.54) is 51.8 Å². The van der Waals surface area contributed by atoms with Gasteiger partial charge in [0.05, 0.1) is 0 Å². The monoisotopic (exact) mass is 1160 g/mol. The van der Waals surface area contributed by atoms with E-state index in [2.05, 4.69) is 9.97 Å². The Hall–Kier alpha value is -7.50. The summed E-state index contributed by atoms with van der Waals surface area (Å²) in [5, 5.41) is 0. The minimum Gasteiger partial charge on any atom is -0.451 e. The van der Waals surface area contributed by atoms with Gasteiger partial charge in [0.15, 0.2) is 24.4 Å². The van der Waals surface area contributed by atoms with Crippen molar-refractivity contribution in [2.75, 3.05) is 28.2 Å². The van der Waals surface area contributed by atoms with Crippen LogP contribution in [0.5, 0.6) is 0 Å². The fourth-order valence-corrected chi connectivity index (χ4v) is 10.3. The largest absolute Gasteiger partial charge is 0.451 e. The van der Waals surface area contributed by atoms with Gasteiger partial charge in [-0.15, -0.1) is 0 Å². The van der Waals surface area contributed by atoms with Crippen molar-refractivity contribution in [1.82, 2.24) is 29.6 Å². The van der Waals surface area contributed by atoms with Crippen molar-refractivity contribution in [3.63, 3.8) is 0 Å². The van der Waals surface area contributed by atoms with E-state index in [-0.39, 0.29) is 62.2 Å². The smallest absolute Gasteiger partial charge is 0.329 e. The van der Waals surface area contributed by atoms with Crippen LogP contribution in [0, 0.1) is 37.5 Å². The van der Waals surface area contributed by atoms with Crippen LogP contribution in [0.15, 0.2) is 85.2 Å². The number of benzene rings is 2. The fraction of sp³-hybridized carbons (Fsp3) is 0.545. The predicted octanol–water partition coefficient (Wildman–Crippen LogP) is 8.25. The average molecular weight is 1160 g/mol. The molecule has 2 aromatic carbocycles. The van der Waals surface area contributed by atoms with Crippen LogP contribution in [-0.2, 0) is 83.0 Å². The Kier molecular flexibility index (Phi) is 24.7. The van der Waals surface area contributed by atoms with Gasteiger partial charge in [-0.3, -0.25) is 29.1 Å². The van der Waals surface area contributed by atoms with Crippen molar-refractivity contribution in [2.24, 2.45) is 23.7 Å². The molecule has 3 heterocycles. The number of rotatable bonds is 16. The van der Waals surface area contributed by atoms with E-state index in [0.717, 1.165) is 43.4 Å². The summed E-state index contributed by atoms with van der Waals surface area (Å²) in [4.78, 5) is 131. The molecule has 5 rings (SSSR count). The molecule has 1 saturated heterocycles. The number of aromatic nitrogens is 2. The van der Waals surface area contributed by atoms with Gasteiger partial charge >= 0.3 is 23.9 Å². The number of nitrogens with zero attached hydrogens (tertiary/aromatic N) is 6. The Morgan fingerprint density at radius 3 is 0.929 bits per heavy atom. The van der Waals surface area contributed by atoms with E-state index in [0.29, 0.717) is 24.0 Å². The van der Waals surface area contributed by atoms with Crippen LogP contribution in [0.1, 0.15) is 140 Å². The number of hydrogen-bond acceptors (Lipinski definition) is 14. The second-order valence-corrected chi connectivity index (χ2v) is 24.3. The van der Waals surface area contributed by atoms with Crippen molar-refractivity contribution < 1.29 is 57.3 Å². The molecule has 0 N–H and O–H groups in total. The normalized spacial score (nSPS) is 22.6. The molecule has 456 valence electrons. The molecule has 0 unspecified atom stereocenters. The van der Waals surface area contributed by atoms with Crippen LogP contribution < -0.4 is 0 Å². The van der Waals surface area contributed by atoms with Crippen LogP contribution >= 0.6 is 0 Å². The highest BCUT2D eigenvalue weighted by molar-refractivity contribution is 5.94. The van der Waals surface area contributed by atoms with Crippen molar-refractivity contribution in [3.8, 4) is 0 Å². The Balaban J connectivity index is 1.59. The second kappa shape index (κ2) is 30.9. The topological polar surface area (TPSA) is 212 Å². The lowest BCUT2D eigenvalue weighted by Crippen LogP contribution is -2.55. The number of carbonyl (C=O) groups is 8. The van der Waals surface area contributed by atoms with Crippen LogP contribution in [0.25, 0.3) is 0 Å². The van der Waals surface area contributed by atoms with Gasteiger partial charge in [-0.2, -0.15) is 0 Å². The lowest BCUT2D eigenvalue weighted by atomic mass is 9.98. The molecule has 4 aromatic rings. The van der Waals surface area contributed by atoms with Gasteiger partial charge < -0.3 is 38.5 Å². The molecular weight excluding hydrogens is 1070 g/mol. The molecule has 84 heavy (non-hydrogen) atoms. The third-order valence-electron chi connectivity index (χ3n) is 15.4. The molecule has 0 radical (unpaired) electrons. The quantitative estimate of drug-likeness (QED) is 0.0764. The first-order valence-corrected chi connectivity index (χ1v) is 29.4. The number of hydrogen-bond donors (Lipinski definition) is 0. The zero-order valence-corrected chi connectivity index (χ0v) is 52.3. The van der Waals surface area contributed by atoms with E-state index in [4.69, 9.17) is 18.9 Å². The van der Waals surface area contributed by atoms with E-state index in [1.54, 1.807) is 12.4 Å². The van der Waals surface area contributed by atoms with Crippen molar-refractivity contribution in [2.45, 2.75) is 183 Å². The first-order chi connectivity index (χ1) is 39.6. The number of carbonyl (C=O) groups excluding carboxylic acids is 8. The fourth-order valence-electron chi connectivity index (χ4n) is 10.3. The van der Waals surface area contributed by atoms with Crippen LogP contribution in [0.4, 0.5) is 0 Å². The molecule has 4 amide bonds. The summed E-state index contributed by atoms with van der Waals surface area (Å²) in [6.45, 7) is 21.5. The summed E-state index contributed by atoms with van der Waals surface area (Å²) < 4.78 is 24.3. The summed E-state index contributed by atoms with van der Waals surface area (Å²) in [6, 6.07) is 17.6. The van der Waals surface area contributed by atoms with E-state index in [1.807, 2.05) is 142 Å². The molecule has 18 heteroatoms. The highest BCUT2D eigenvalue weighted by Crippen LogP contribution is 2.25. The highest BCUT2D eigenvalue weighted by atomic mass is 16.6. The third-order valence-corrected chi connectivity index (χ3v) is 15.4. The molecule has 0 saturated carbocycles. The Morgan fingerprint density at radius 1 is 0.393 bits per heavy atom. The van der Waals surface area contributed by atoms with E-state index < -0.39 is 96.1 Å². The van der Waals surface area contributed by atoms with Crippen molar-refractivity contribution in [1.29, 1.82) is 0 Å². The lowest BCUT2D eigenvalue weighted by molar-refractivity contribution is -0.176. The zero-order valence-electron chi connectivity index (χ0n) is 52.3. The Morgan fingerprint density at radius 2 is 0.655 bits per heavy atom. The lowest BCUT2D eigenvalue weighted by Gasteiger charge is -2.35. The minimum atomic E-state index is -1.53. The van der Waals surface area contributed by atoms with Gasteiger partial charge in [0, 0.05) is 64.8 Å². The van der Waals surface area contributed by atoms with E-state index in [9.17, 15) is 28.8 Å². The van der Waals surface area contributed by atoms with Crippen molar-refractivity contribution in [3.05, 3.63) is 130 Å². The maximum absolute atomic E-state index is 15.1. The summed E-state index contributed by atoms with van der Waals surface area (Å²) in [6.07, 6.45) is -1.27. The third kappa shape index (κ3) is 18.8. The molecule has 8 atom stereocenters. The number of esters is 4. The van der Waals surface area contributed by atoms with Gasteiger partial charge in [-0.05, 0) is 135 Å². The summed E-state index contributed by atoms with van der Waals surface area (Å²) in [7, 11) is 5.60. The number of likely N-dealkylation sites (N-methyl/N-ethyl adjacent to an activating group) is 4. The molecule has 2 aromatic heterocycles. The SMILES string of the molecule is Cc1ncccc1Cc1ccc(C[C@@H]2OC(=O)[C@H](CC(C)C)N(C)C(=O)[C@@H](C)OC(=O)[C@@H](CC(C)C)N(C)C(=O)[C@@H](Cc3ccc(Cc4cccnc4C)cc3)OC(=O)[C@@H](CC(C)C)N(C)C(=O)[C@@H](C)OC(=O)[C@H](CC(C)C)N(C)C2=O)cc1.